The van der Waals surface area contributed by atoms with Crippen molar-refractivity contribution in [1.29, 1.82) is 0 Å². The van der Waals surface area contributed by atoms with Gasteiger partial charge in [-0.05, 0) is 35.7 Å². The Hall–Kier alpha value is -3.47. The summed E-state index contributed by atoms with van der Waals surface area (Å²) in [6.07, 6.45) is 3.97. The lowest BCUT2D eigenvalue weighted by Crippen LogP contribution is -1.90. The first-order chi connectivity index (χ1) is 15.3. The van der Waals surface area contributed by atoms with E-state index in [-0.39, 0.29) is 0 Å². The fourth-order valence-electron chi connectivity index (χ4n) is 5.05. The van der Waals surface area contributed by atoms with Gasteiger partial charge in [0.15, 0.2) is 0 Å². The minimum Gasteiger partial charge on any atom is -0.299 e. The first kappa shape index (κ1) is 16.3. The number of thiophene rings is 2. The third-order valence-corrected chi connectivity index (χ3v) is 8.69. The smallest absolute Gasteiger partial charge is 0.145 e. The van der Waals surface area contributed by atoms with Crippen LogP contribution < -0.4 is 0 Å². The molecule has 144 valence electrons. The molecule has 0 amide bonds. The fraction of sp³-hybridized carbons (Fsp3) is 0. The number of hydrogen-bond acceptors (Lipinski definition) is 3. The summed E-state index contributed by atoms with van der Waals surface area (Å²) in [5.74, 6) is 0. The molecule has 4 heteroatoms. The standard InChI is InChI=1S/C27H14N2S2/c1-2-7-17-15(5-1)18-11-19-21-13-24-20(16-6-3-4-8-23(16)30-24)12-25(21)31-26(19)14-22(18)29-10-9-28-27(17)29/h1-14H. The average Bonchev–Trinajstić information content (AvgIpc) is 3.51. The molecular formula is C27H14N2S2. The zero-order chi connectivity index (χ0) is 20.1. The van der Waals surface area contributed by atoms with Gasteiger partial charge in [0, 0.05) is 63.5 Å². The van der Waals surface area contributed by atoms with Crippen LogP contribution in [0.2, 0.25) is 0 Å². The number of imidazole rings is 1. The van der Waals surface area contributed by atoms with Crippen molar-refractivity contribution in [3.05, 3.63) is 85.2 Å². The molecule has 4 aromatic carbocycles. The Balaban J connectivity index is 1.58. The molecule has 0 atom stereocenters. The number of nitrogens with zero attached hydrogens (tertiary/aromatic N) is 2. The molecule has 0 radical (unpaired) electrons. The largest absolute Gasteiger partial charge is 0.299 e. The maximum absolute atomic E-state index is 4.65. The molecule has 8 aromatic rings. The van der Waals surface area contributed by atoms with E-state index in [0.29, 0.717) is 0 Å². The van der Waals surface area contributed by atoms with E-state index < -0.39 is 0 Å². The number of rotatable bonds is 0. The lowest BCUT2D eigenvalue weighted by molar-refractivity contribution is 1.28. The van der Waals surface area contributed by atoms with Crippen LogP contribution in [0.3, 0.4) is 0 Å². The number of pyridine rings is 1. The monoisotopic (exact) mass is 430 g/mol. The number of benzene rings is 4. The normalized spacial score (nSPS) is 12.5. The highest BCUT2D eigenvalue weighted by Crippen LogP contribution is 2.43. The van der Waals surface area contributed by atoms with Crippen molar-refractivity contribution in [3.8, 4) is 0 Å². The van der Waals surface area contributed by atoms with Gasteiger partial charge >= 0.3 is 0 Å². The third kappa shape index (κ3) is 2.04. The minimum absolute atomic E-state index is 1.02. The van der Waals surface area contributed by atoms with Gasteiger partial charge in [-0.15, -0.1) is 22.7 Å². The van der Waals surface area contributed by atoms with Gasteiger partial charge in [0.1, 0.15) is 5.65 Å². The minimum atomic E-state index is 1.02. The Kier molecular flexibility index (Phi) is 2.94. The highest BCUT2D eigenvalue weighted by molar-refractivity contribution is 7.27. The van der Waals surface area contributed by atoms with Gasteiger partial charge in [-0.25, -0.2) is 4.98 Å². The van der Waals surface area contributed by atoms with Crippen LogP contribution in [-0.2, 0) is 0 Å². The summed E-state index contributed by atoms with van der Waals surface area (Å²) in [7, 11) is 0. The van der Waals surface area contributed by atoms with Gasteiger partial charge in [0.2, 0.25) is 0 Å². The molecule has 0 spiro atoms. The van der Waals surface area contributed by atoms with Crippen LogP contribution in [0.15, 0.2) is 85.2 Å². The summed E-state index contributed by atoms with van der Waals surface area (Å²) in [5.41, 5.74) is 2.24. The molecule has 4 heterocycles. The molecule has 8 rings (SSSR count). The second kappa shape index (κ2) is 5.61. The Labute approximate surface area is 184 Å². The Bertz CT molecular complexity index is 2000. The van der Waals surface area contributed by atoms with Crippen LogP contribution in [0.1, 0.15) is 0 Å². The molecule has 0 aliphatic heterocycles. The van der Waals surface area contributed by atoms with Gasteiger partial charge in [0.25, 0.3) is 0 Å². The lowest BCUT2D eigenvalue weighted by atomic mass is 10.0. The van der Waals surface area contributed by atoms with Crippen molar-refractivity contribution in [3.63, 3.8) is 0 Å². The van der Waals surface area contributed by atoms with Gasteiger partial charge in [0.05, 0.1) is 5.52 Å². The first-order valence-corrected chi connectivity index (χ1v) is 11.9. The summed E-state index contributed by atoms with van der Waals surface area (Å²) < 4.78 is 7.64. The SMILES string of the molecule is c1ccc2c(c1)sc1cc3c(cc12)sc1cc2c(cc13)c1ccccc1c1nccn21. The van der Waals surface area contributed by atoms with Gasteiger partial charge in [-0.1, -0.05) is 42.5 Å². The Morgan fingerprint density at radius 3 is 2.06 bits per heavy atom. The first-order valence-electron chi connectivity index (χ1n) is 10.3. The zero-order valence-corrected chi connectivity index (χ0v) is 17.9. The predicted octanol–water partition coefficient (Wildman–Crippen LogP) is 8.38. The summed E-state index contributed by atoms with van der Waals surface area (Å²) >= 11 is 3.78. The van der Waals surface area contributed by atoms with E-state index in [0.717, 1.165) is 5.65 Å². The highest BCUT2D eigenvalue weighted by atomic mass is 32.1. The molecule has 0 N–H and O–H groups in total. The van der Waals surface area contributed by atoms with E-state index in [1.165, 1.54) is 62.0 Å². The molecule has 4 aromatic heterocycles. The highest BCUT2D eigenvalue weighted by Gasteiger charge is 2.14. The van der Waals surface area contributed by atoms with Crippen LogP contribution in [0.4, 0.5) is 0 Å². The fourth-order valence-corrected chi connectivity index (χ4v) is 7.32. The summed E-state index contributed by atoms with van der Waals surface area (Å²) in [6.45, 7) is 0. The van der Waals surface area contributed by atoms with Crippen LogP contribution in [0.5, 0.6) is 0 Å². The Morgan fingerprint density at radius 1 is 0.548 bits per heavy atom. The van der Waals surface area contributed by atoms with E-state index in [1.54, 1.807) is 0 Å². The maximum atomic E-state index is 4.65. The molecule has 0 aliphatic rings. The predicted molar refractivity (Wildman–Crippen MR) is 136 cm³/mol. The zero-order valence-electron chi connectivity index (χ0n) is 16.3. The molecule has 31 heavy (non-hydrogen) atoms. The van der Waals surface area contributed by atoms with Crippen LogP contribution in [-0.4, -0.2) is 9.38 Å². The molecule has 0 aliphatic carbocycles. The summed E-state index contributed by atoms with van der Waals surface area (Å²) in [5, 5.41) is 9.17. The third-order valence-electron chi connectivity index (χ3n) is 6.45. The number of hydrogen-bond donors (Lipinski definition) is 0. The van der Waals surface area contributed by atoms with Crippen molar-refractivity contribution < 1.29 is 0 Å². The summed E-state index contributed by atoms with van der Waals surface area (Å²) in [4.78, 5) is 4.65. The van der Waals surface area contributed by atoms with E-state index in [4.69, 9.17) is 0 Å². The maximum Gasteiger partial charge on any atom is 0.145 e. The second-order valence-electron chi connectivity index (χ2n) is 8.08. The van der Waals surface area contributed by atoms with E-state index in [2.05, 4.69) is 88.4 Å². The van der Waals surface area contributed by atoms with Crippen LogP contribution in [0.25, 0.3) is 67.7 Å². The van der Waals surface area contributed by atoms with Crippen LogP contribution in [0, 0.1) is 0 Å². The summed E-state index contributed by atoms with van der Waals surface area (Å²) in [6, 6.07) is 26.9. The number of aromatic nitrogens is 2. The Morgan fingerprint density at radius 2 is 1.19 bits per heavy atom. The van der Waals surface area contributed by atoms with Crippen molar-refractivity contribution in [2.45, 2.75) is 0 Å². The molecule has 0 fully saturated rings. The average molecular weight is 431 g/mol. The van der Waals surface area contributed by atoms with E-state index in [1.807, 2.05) is 28.9 Å². The van der Waals surface area contributed by atoms with Crippen molar-refractivity contribution >= 4 is 90.3 Å². The van der Waals surface area contributed by atoms with Gasteiger partial charge in [-0.3, -0.25) is 4.40 Å². The van der Waals surface area contributed by atoms with Crippen molar-refractivity contribution in [1.82, 2.24) is 9.38 Å². The second-order valence-corrected chi connectivity index (χ2v) is 10.2. The van der Waals surface area contributed by atoms with Crippen molar-refractivity contribution in [2.24, 2.45) is 0 Å². The molecule has 0 saturated heterocycles. The topological polar surface area (TPSA) is 17.3 Å². The van der Waals surface area contributed by atoms with Crippen molar-refractivity contribution in [2.75, 3.05) is 0 Å². The molecule has 0 bridgehead atoms. The molecular weight excluding hydrogens is 416 g/mol. The molecule has 2 nitrogen and oxygen atoms in total. The van der Waals surface area contributed by atoms with Crippen LogP contribution >= 0.6 is 22.7 Å². The molecule has 0 unspecified atom stereocenters. The number of fused-ring (bicyclic) bond motifs is 12. The lowest BCUT2D eigenvalue weighted by Gasteiger charge is -2.08. The van der Waals surface area contributed by atoms with E-state index >= 15 is 0 Å². The molecule has 0 saturated carbocycles. The van der Waals surface area contributed by atoms with Gasteiger partial charge in [-0.2, -0.15) is 0 Å². The van der Waals surface area contributed by atoms with E-state index in [9.17, 15) is 0 Å². The quantitative estimate of drug-likeness (QED) is 0.221. The van der Waals surface area contributed by atoms with Gasteiger partial charge < -0.3 is 0 Å².